The molecule has 1 saturated heterocycles. The van der Waals surface area contributed by atoms with Gasteiger partial charge in [-0.05, 0) is 24.1 Å². The first-order valence-corrected chi connectivity index (χ1v) is 6.78. The SMILES string of the molecule is CCCCCC1COC(c2cccc(F)c2)CO1. The standard InChI is InChI=1S/C15H21FO2/c1-2-3-4-8-14-10-18-15(11-17-14)12-6-5-7-13(16)9-12/h5-7,9,14-15H,2-4,8,10-11H2,1H3. The molecule has 0 amide bonds. The van der Waals surface area contributed by atoms with Gasteiger partial charge in [0.05, 0.1) is 19.3 Å². The number of benzene rings is 1. The highest BCUT2D eigenvalue weighted by Gasteiger charge is 2.23. The number of hydrogen-bond acceptors (Lipinski definition) is 2. The Morgan fingerprint density at radius 1 is 1.22 bits per heavy atom. The summed E-state index contributed by atoms with van der Waals surface area (Å²) in [5.74, 6) is -0.221. The Labute approximate surface area is 108 Å². The van der Waals surface area contributed by atoms with Gasteiger partial charge in [0.15, 0.2) is 0 Å². The van der Waals surface area contributed by atoms with E-state index in [0.29, 0.717) is 13.2 Å². The summed E-state index contributed by atoms with van der Waals surface area (Å²) in [6, 6.07) is 6.56. The van der Waals surface area contributed by atoms with E-state index in [1.165, 1.54) is 31.4 Å². The second-order valence-corrected chi connectivity index (χ2v) is 4.83. The van der Waals surface area contributed by atoms with Crippen molar-refractivity contribution in [2.45, 2.75) is 44.8 Å². The van der Waals surface area contributed by atoms with Crippen molar-refractivity contribution in [3.63, 3.8) is 0 Å². The van der Waals surface area contributed by atoms with Crippen LogP contribution in [0.3, 0.4) is 0 Å². The minimum Gasteiger partial charge on any atom is -0.373 e. The lowest BCUT2D eigenvalue weighted by molar-refractivity contribution is -0.137. The molecule has 0 saturated carbocycles. The average Bonchev–Trinajstić information content (AvgIpc) is 2.40. The molecule has 100 valence electrons. The first-order chi connectivity index (χ1) is 8.79. The van der Waals surface area contributed by atoms with Crippen LogP contribution in [0.1, 0.15) is 44.3 Å². The average molecular weight is 252 g/mol. The van der Waals surface area contributed by atoms with Gasteiger partial charge < -0.3 is 9.47 Å². The second-order valence-electron chi connectivity index (χ2n) is 4.83. The van der Waals surface area contributed by atoms with E-state index in [-0.39, 0.29) is 18.0 Å². The van der Waals surface area contributed by atoms with E-state index >= 15 is 0 Å². The Balaban J connectivity index is 1.79. The second kappa shape index (κ2) is 6.86. The maximum Gasteiger partial charge on any atom is 0.123 e. The van der Waals surface area contributed by atoms with Crippen LogP contribution in [0.25, 0.3) is 0 Å². The summed E-state index contributed by atoms with van der Waals surface area (Å²) in [6.07, 6.45) is 4.80. The summed E-state index contributed by atoms with van der Waals surface area (Å²) in [7, 11) is 0. The van der Waals surface area contributed by atoms with E-state index in [4.69, 9.17) is 9.47 Å². The fourth-order valence-corrected chi connectivity index (χ4v) is 2.23. The quantitative estimate of drug-likeness (QED) is 0.741. The van der Waals surface area contributed by atoms with Gasteiger partial charge in [0.1, 0.15) is 11.9 Å². The third-order valence-electron chi connectivity index (χ3n) is 3.32. The van der Waals surface area contributed by atoms with E-state index in [9.17, 15) is 4.39 Å². The zero-order valence-electron chi connectivity index (χ0n) is 10.9. The Hall–Kier alpha value is -0.930. The molecule has 2 atom stereocenters. The van der Waals surface area contributed by atoms with E-state index in [1.54, 1.807) is 6.07 Å². The largest absolute Gasteiger partial charge is 0.373 e. The highest BCUT2D eigenvalue weighted by Crippen LogP contribution is 2.25. The van der Waals surface area contributed by atoms with Gasteiger partial charge in [-0.2, -0.15) is 0 Å². The molecule has 0 aliphatic carbocycles. The summed E-state index contributed by atoms with van der Waals surface area (Å²) in [4.78, 5) is 0. The third kappa shape index (κ3) is 3.79. The molecule has 0 spiro atoms. The zero-order chi connectivity index (χ0) is 12.8. The van der Waals surface area contributed by atoms with Crippen LogP contribution in [0.5, 0.6) is 0 Å². The monoisotopic (exact) mass is 252 g/mol. The summed E-state index contributed by atoms with van der Waals surface area (Å²) >= 11 is 0. The van der Waals surface area contributed by atoms with Crippen molar-refractivity contribution >= 4 is 0 Å². The summed E-state index contributed by atoms with van der Waals surface area (Å²) in [5, 5.41) is 0. The van der Waals surface area contributed by atoms with E-state index in [1.807, 2.05) is 6.07 Å². The molecule has 18 heavy (non-hydrogen) atoms. The molecule has 0 radical (unpaired) electrons. The molecule has 0 N–H and O–H groups in total. The molecule has 0 aromatic heterocycles. The molecule has 2 rings (SSSR count). The van der Waals surface area contributed by atoms with Crippen LogP contribution >= 0.6 is 0 Å². The number of ether oxygens (including phenoxy) is 2. The molecular weight excluding hydrogens is 231 g/mol. The van der Waals surface area contributed by atoms with Crippen LogP contribution < -0.4 is 0 Å². The molecular formula is C15H21FO2. The van der Waals surface area contributed by atoms with Crippen molar-refractivity contribution in [3.05, 3.63) is 35.6 Å². The molecule has 2 unspecified atom stereocenters. The molecule has 1 fully saturated rings. The minimum atomic E-state index is -0.221. The van der Waals surface area contributed by atoms with E-state index in [0.717, 1.165) is 12.0 Å². The summed E-state index contributed by atoms with van der Waals surface area (Å²) < 4.78 is 24.7. The maximum atomic E-state index is 13.1. The molecule has 1 aliphatic heterocycles. The summed E-state index contributed by atoms with van der Waals surface area (Å²) in [5.41, 5.74) is 0.863. The number of hydrogen-bond donors (Lipinski definition) is 0. The van der Waals surface area contributed by atoms with Crippen LogP contribution in [-0.2, 0) is 9.47 Å². The van der Waals surface area contributed by atoms with Gasteiger partial charge in [0.25, 0.3) is 0 Å². The first kappa shape index (κ1) is 13.5. The number of unbranched alkanes of at least 4 members (excludes halogenated alkanes) is 2. The first-order valence-electron chi connectivity index (χ1n) is 6.78. The molecule has 1 aliphatic rings. The van der Waals surface area contributed by atoms with Gasteiger partial charge in [-0.15, -0.1) is 0 Å². The Kier molecular flexibility index (Phi) is 5.14. The van der Waals surface area contributed by atoms with Crippen LogP contribution in [0.2, 0.25) is 0 Å². The van der Waals surface area contributed by atoms with Crippen LogP contribution in [0.15, 0.2) is 24.3 Å². The Morgan fingerprint density at radius 2 is 2.11 bits per heavy atom. The molecule has 2 nitrogen and oxygen atoms in total. The predicted molar refractivity (Wildman–Crippen MR) is 69.0 cm³/mol. The van der Waals surface area contributed by atoms with Crippen molar-refractivity contribution in [1.29, 1.82) is 0 Å². The molecule has 1 aromatic rings. The highest BCUT2D eigenvalue weighted by atomic mass is 19.1. The molecule has 1 heterocycles. The molecule has 1 aromatic carbocycles. The van der Waals surface area contributed by atoms with Gasteiger partial charge in [-0.1, -0.05) is 38.3 Å². The van der Waals surface area contributed by atoms with Crippen molar-refractivity contribution < 1.29 is 13.9 Å². The van der Waals surface area contributed by atoms with Gasteiger partial charge in [0.2, 0.25) is 0 Å². The number of halogens is 1. The maximum absolute atomic E-state index is 13.1. The minimum absolute atomic E-state index is 0.122. The van der Waals surface area contributed by atoms with Crippen LogP contribution in [-0.4, -0.2) is 19.3 Å². The van der Waals surface area contributed by atoms with Crippen LogP contribution in [0, 0.1) is 5.82 Å². The zero-order valence-corrected chi connectivity index (χ0v) is 10.9. The van der Waals surface area contributed by atoms with E-state index < -0.39 is 0 Å². The lowest BCUT2D eigenvalue weighted by Crippen LogP contribution is -2.31. The van der Waals surface area contributed by atoms with Crippen molar-refractivity contribution in [2.75, 3.05) is 13.2 Å². The summed E-state index contributed by atoms with van der Waals surface area (Å²) in [6.45, 7) is 3.34. The van der Waals surface area contributed by atoms with Crippen molar-refractivity contribution in [2.24, 2.45) is 0 Å². The van der Waals surface area contributed by atoms with Gasteiger partial charge in [-0.25, -0.2) is 4.39 Å². The topological polar surface area (TPSA) is 18.5 Å². The molecule has 3 heteroatoms. The predicted octanol–water partition coefficient (Wildman–Crippen LogP) is 3.86. The fraction of sp³-hybridized carbons (Fsp3) is 0.600. The Morgan fingerprint density at radius 3 is 2.78 bits per heavy atom. The fourth-order valence-electron chi connectivity index (χ4n) is 2.23. The lowest BCUT2D eigenvalue weighted by Gasteiger charge is -2.29. The van der Waals surface area contributed by atoms with Crippen LogP contribution in [0.4, 0.5) is 4.39 Å². The Bertz CT molecular complexity index is 359. The normalized spacial score (nSPS) is 24.1. The van der Waals surface area contributed by atoms with Crippen molar-refractivity contribution in [3.8, 4) is 0 Å². The van der Waals surface area contributed by atoms with Gasteiger partial charge >= 0.3 is 0 Å². The number of rotatable bonds is 5. The van der Waals surface area contributed by atoms with Gasteiger partial charge in [0, 0.05) is 0 Å². The third-order valence-corrected chi connectivity index (χ3v) is 3.32. The van der Waals surface area contributed by atoms with Crippen molar-refractivity contribution in [1.82, 2.24) is 0 Å². The molecule has 0 bridgehead atoms. The van der Waals surface area contributed by atoms with Gasteiger partial charge in [-0.3, -0.25) is 0 Å². The lowest BCUT2D eigenvalue weighted by atomic mass is 10.1. The van der Waals surface area contributed by atoms with E-state index in [2.05, 4.69) is 6.92 Å². The highest BCUT2D eigenvalue weighted by molar-refractivity contribution is 5.19. The smallest absolute Gasteiger partial charge is 0.123 e.